The molecule has 0 aromatic heterocycles. The van der Waals surface area contributed by atoms with Gasteiger partial charge in [-0.05, 0) is 12.8 Å². The summed E-state index contributed by atoms with van der Waals surface area (Å²) in [5.74, 6) is -2.93. The average Bonchev–Trinajstić information content (AvgIpc) is 2.26. The van der Waals surface area contributed by atoms with Crippen molar-refractivity contribution < 1.29 is 13.2 Å². The van der Waals surface area contributed by atoms with E-state index in [1.165, 1.54) is 0 Å². The summed E-state index contributed by atoms with van der Waals surface area (Å²) >= 11 is 0. The van der Waals surface area contributed by atoms with Crippen LogP contribution in [0.15, 0.2) is 12.1 Å². The van der Waals surface area contributed by atoms with Crippen LogP contribution in [-0.2, 0) is 0 Å². The van der Waals surface area contributed by atoms with Crippen molar-refractivity contribution in [3.63, 3.8) is 0 Å². The molecule has 1 rings (SSSR count). The molecule has 0 aliphatic carbocycles. The van der Waals surface area contributed by atoms with E-state index in [1.54, 1.807) is 0 Å². The molecule has 1 aromatic rings. The van der Waals surface area contributed by atoms with Crippen molar-refractivity contribution in [2.45, 2.75) is 45.6 Å². The highest BCUT2D eigenvalue weighted by Crippen LogP contribution is 2.21. The average molecular weight is 245 g/mol. The Morgan fingerprint density at radius 1 is 0.941 bits per heavy atom. The molecule has 0 saturated carbocycles. The van der Waals surface area contributed by atoms with Gasteiger partial charge in [0.15, 0.2) is 11.6 Å². The molecule has 0 bridgehead atoms. The highest BCUT2D eigenvalue weighted by atomic mass is 19.2. The van der Waals surface area contributed by atoms with Gasteiger partial charge in [-0.15, -0.1) is 0 Å². The standard InChI is InChI=1S/C13H18F3N/c1-3-5-9(6-4-2)17-13-8-11(15)10(14)7-12(13)16/h7-9,17H,3-6H2,1-2H3. The van der Waals surface area contributed by atoms with Crippen LogP contribution in [0, 0.1) is 17.5 Å². The second-order valence-electron chi connectivity index (χ2n) is 4.16. The van der Waals surface area contributed by atoms with E-state index in [1.807, 2.05) is 13.8 Å². The van der Waals surface area contributed by atoms with Crippen molar-refractivity contribution in [1.82, 2.24) is 0 Å². The normalized spacial score (nSPS) is 10.9. The third kappa shape index (κ3) is 3.95. The van der Waals surface area contributed by atoms with Gasteiger partial charge in [-0.2, -0.15) is 0 Å². The molecule has 1 aromatic carbocycles. The summed E-state index contributed by atoms with van der Waals surface area (Å²) in [6, 6.07) is 1.56. The van der Waals surface area contributed by atoms with E-state index in [4.69, 9.17) is 0 Å². The van der Waals surface area contributed by atoms with Crippen molar-refractivity contribution in [1.29, 1.82) is 0 Å². The van der Waals surface area contributed by atoms with E-state index < -0.39 is 17.5 Å². The number of rotatable bonds is 6. The second kappa shape index (κ2) is 6.52. The first kappa shape index (κ1) is 13.9. The summed E-state index contributed by atoms with van der Waals surface area (Å²) in [6.07, 6.45) is 3.68. The van der Waals surface area contributed by atoms with E-state index >= 15 is 0 Å². The molecule has 96 valence electrons. The van der Waals surface area contributed by atoms with Gasteiger partial charge in [-0.25, -0.2) is 13.2 Å². The van der Waals surface area contributed by atoms with Crippen molar-refractivity contribution in [3.05, 3.63) is 29.6 Å². The van der Waals surface area contributed by atoms with Crippen molar-refractivity contribution in [2.75, 3.05) is 5.32 Å². The first-order chi connectivity index (χ1) is 8.08. The summed E-state index contributed by atoms with van der Waals surface area (Å²) in [7, 11) is 0. The molecule has 0 aliphatic heterocycles. The summed E-state index contributed by atoms with van der Waals surface area (Å²) in [6.45, 7) is 4.07. The van der Waals surface area contributed by atoms with Crippen molar-refractivity contribution in [3.8, 4) is 0 Å². The highest BCUT2D eigenvalue weighted by molar-refractivity contribution is 5.46. The Labute approximate surface area is 100 Å². The van der Waals surface area contributed by atoms with Gasteiger partial charge in [0.1, 0.15) is 5.82 Å². The van der Waals surface area contributed by atoms with Crippen LogP contribution in [0.2, 0.25) is 0 Å². The predicted molar refractivity (Wildman–Crippen MR) is 63.5 cm³/mol. The van der Waals surface area contributed by atoms with Crippen LogP contribution in [0.3, 0.4) is 0 Å². The number of halogens is 3. The molecular weight excluding hydrogens is 227 g/mol. The first-order valence-electron chi connectivity index (χ1n) is 5.99. The van der Waals surface area contributed by atoms with Gasteiger partial charge in [-0.1, -0.05) is 26.7 Å². The van der Waals surface area contributed by atoms with Crippen LogP contribution in [0.25, 0.3) is 0 Å². The third-order valence-electron chi connectivity index (χ3n) is 2.64. The molecule has 0 spiro atoms. The Bertz CT molecular complexity index is 360. The van der Waals surface area contributed by atoms with Gasteiger partial charge in [-0.3, -0.25) is 0 Å². The molecule has 0 fully saturated rings. The zero-order valence-corrected chi connectivity index (χ0v) is 10.2. The highest BCUT2D eigenvalue weighted by Gasteiger charge is 2.13. The molecule has 1 N–H and O–H groups in total. The molecular formula is C13H18F3N. The predicted octanol–water partition coefficient (Wildman–Crippen LogP) is 4.48. The van der Waals surface area contributed by atoms with Crippen LogP contribution in [0.5, 0.6) is 0 Å². The fourth-order valence-corrected chi connectivity index (χ4v) is 1.84. The van der Waals surface area contributed by atoms with Gasteiger partial charge in [0.25, 0.3) is 0 Å². The number of benzene rings is 1. The maximum Gasteiger partial charge on any atom is 0.161 e. The van der Waals surface area contributed by atoms with Gasteiger partial charge in [0, 0.05) is 18.2 Å². The Balaban J connectivity index is 2.81. The maximum atomic E-state index is 13.4. The monoisotopic (exact) mass is 245 g/mol. The Morgan fingerprint density at radius 3 is 2.00 bits per heavy atom. The minimum Gasteiger partial charge on any atom is -0.380 e. The first-order valence-corrected chi connectivity index (χ1v) is 5.99. The van der Waals surface area contributed by atoms with Gasteiger partial charge in [0.05, 0.1) is 5.69 Å². The van der Waals surface area contributed by atoms with Crippen LogP contribution in [0.1, 0.15) is 39.5 Å². The van der Waals surface area contributed by atoms with E-state index in [9.17, 15) is 13.2 Å². The topological polar surface area (TPSA) is 12.0 Å². The molecule has 4 heteroatoms. The smallest absolute Gasteiger partial charge is 0.161 e. The van der Waals surface area contributed by atoms with Crippen LogP contribution < -0.4 is 5.32 Å². The van der Waals surface area contributed by atoms with E-state index in [0.29, 0.717) is 6.07 Å². The molecule has 0 heterocycles. The molecule has 0 aliphatic rings. The van der Waals surface area contributed by atoms with Crippen LogP contribution in [-0.4, -0.2) is 6.04 Å². The van der Waals surface area contributed by atoms with Crippen LogP contribution in [0.4, 0.5) is 18.9 Å². The summed E-state index contributed by atoms with van der Waals surface area (Å²) in [5.41, 5.74) is 0.0378. The summed E-state index contributed by atoms with van der Waals surface area (Å²) < 4.78 is 39.2. The molecule has 0 unspecified atom stereocenters. The van der Waals surface area contributed by atoms with Gasteiger partial charge in [0.2, 0.25) is 0 Å². The summed E-state index contributed by atoms with van der Waals surface area (Å²) in [5, 5.41) is 2.94. The van der Waals surface area contributed by atoms with Gasteiger partial charge < -0.3 is 5.32 Å². The van der Waals surface area contributed by atoms with E-state index in [0.717, 1.165) is 31.7 Å². The lowest BCUT2D eigenvalue weighted by atomic mass is 10.1. The summed E-state index contributed by atoms with van der Waals surface area (Å²) in [4.78, 5) is 0. The molecule has 0 radical (unpaired) electrons. The third-order valence-corrected chi connectivity index (χ3v) is 2.64. The minimum absolute atomic E-state index is 0.0378. The molecule has 0 amide bonds. The van der Waals surface area contributed by atoms with Crippen molar-refractivity contribution in [2.24, 2.45) is 0 Å². The quantitative estimate of drug-likeness (QED) is 0.728. The number of nitrogens with one attached hydrogen (secondary N) is 1. The van der Waals surface area contributed by atoms with E-state index in [2.05, 4.69) is 5.32 Å². The maximum absolute atomic E-state index is 13.4. The number of anilines is 1. The molecule has 0 atom stereocenters. The second-order valence-corrected chi connectivity index (χ2v) is 4.16. The number of hydrogen-bond donors (Lipinski definition) is 1. The Kier molecular flexibility index (Phi) is 5.32. The fourth-order valence-electron chi connectivity index (χ4n) is 1.84. The van der Waals surface area contributed by atoms with E-state index in [-0.39, 0.29) is 11.7 Å². The zero-order valence-electron chi connectivity index (χ0n) is 10.2. The largest absolute Gasteiger partial charge is 0.380 e. The van der Waals surface area contributed by atoms with Gasteiger partial charge >= 0.3 is 0 Å². The lowest BCUT2D eigenvalue weighted by Crippen LogP contribution is -2.20. The lowest BCUT2D eigenvalue weighted by Gasteiger charge is -2.19. The molecule has 1 nitrogen and oxygen atoms in total. The number of hydrogen-bond acceptors (Lipinski definition) is 1. The zero-order chi connectivity index (χ0) is 12.8. The molecule has 17 heavy (non-hydrogen) atoms. The Morgan fingerprint density at radius 2 is 1.47 bits per heavy atom. The lowest BCUT2D eigenvalue weighted by molar-refractivity contribution is 0.494. The SMILES string of the molecule is CCCC(CCC)Nc1cc(F)c(F)cc1F. The molecule has 0 saturated heterocycles. The minimum atomic E-state index is -1.16. The Hall–Kier alpha value is -1.19. The van der Waals surface area contributed by atoms with Crippen molar-refractivity contribution >= 4 is 5.69 Å². The van der Waals surface area contributed by atoms with Crippen LogP contribution >= 0.6 is 0 Å². The fraction of sp³-hybridized carbons (Fsp3) is 0.538.